The minimum absolute atomic E-state index is 0.410. The van der Waals surface area contributed by atoms with E-state index in [4.69, 9.17) is 5.11 Å². The van der Waals surface area contributed by atoms with E-state index in [9.17, 15) is 9.59 Å². The van der Waals surface area contributed by atoms with Crippen LogP contribution in [0.4, 0.5) is 9.93 Å². The molecule has 0 aromatic carbocycles. The van der Waals surface area contributed by atoms with E-state index >= 15 is 0 Å². The Hall–Kier alpha value is -1.70. The van der Waals surface area contributed by atoms with Gasteiger partial charge >= 0.3 is 12.0 Å². The minimum Gasteiger partial charge on any atom is -0.481 e. The van der Waals surface area contributed by atoms with E-state index in [0.29, 0.717) is 11.0 Å². The van der Waals surface area contributed by atoms with E-state index in [-0.39, 0.29) is 0 Å². The Bertz CT molecular complexity index is 475. The highest BCUT2D eigenvalue weighted by atomic mass is 32.1. The zero-order valence-electron chi connectivity index (χ0n) is 12.0. The highest BCUT2D eigenvalue weighted by Crippen LogP contribution is 2.18. The summed E-state index contributed by atoms with van der Waals surface area (Å²) in [6, 6.07) is -0.951. The number of urea groups is 1. The Balaban J connectivity index is 2.50. The number of nitrogens with zero attached hydrogens (tertiary/aromatic N) is 2. The molecule has 1 aromatic heterocycles. The molecule has 2 atom stereocenters. The van der Waals surface area contributed by atoms with Crippen molar-refractivity contribution in [2.45, 2.75) is 40.2 Å². The predicted octanol–water partition coefficient (Wildman–Crippen LogP) is 1.97. The van der Waals surface area contributed by atoms with Gasteiger partial charge in [0.25, 0.3) is 0 Å². The third-order valence-electron chi connectivity index (χ3n) is 2.77. The van der Waals surface area contributed by atoms with Crippen LogP contribution < -0.4 is 10.6 Å². The second-order valence-electron chi connectivity index (χ2n) is 5.11. The van der Waals surface area contributed by atoms with Gasteiger partial charge in [0.05, 0.1) is 5.92 Å². The number of nitrogens with one attached hydrogen (secondary N) is 2. The van der Waals surface area contributed by atoms with Gasteiger partial charge in [0.1, 0.15) is 5.01 Å². The number of carbonyl (C=O) groups is 2. The largest absolute Gasteiger partial charge is 0.481 e. The van der Waals surface area contributed by atoms with E-state index in [1.54, 1.807) is 13.8 Å². The molecule has 20 heavy (non-hydrogen) atoms. The lowest BCUT2D eigenvalue weighted by Crippen LogP contribution is -2.42. The normalized spacial score (nSPS) is 13.8. The lowest BCUT2D eigenvalue weighted by molar-refractivity contribution is -0.141. The molecule has 0 bridgehead atoms. The third kappa shape index (κ3) is 5.12. The maximum atomic E-state index is 11.7. The average Bonchev–Trinajstić information content (AvgIpc) is 2.73. The zero-order chi connectivity index (χ0) is 15.3. The van der Waals surface area contributed by atoms with Crippen molar-refractivity contribution in [3.05, 3.63) is 5.01 Å². The first kappa shape index (κ1) is 16.4. The first-order chi connectivity index (χ1) is 9.29. The number of carbonyl (C=O) groups excluding carboxylic acids is 1. The lowest BCUT2D eigenvalue weighted by Gasteiger charge is -2.17. The van der Waals surface area contributed by atoms with Crippen LogP contribution in [0.3, 0.4) is 0 Å². The Morgan fingerprint density at radius 3 is 2.45 bits per heavy atom. The molecule has 2 unspecified atom stereocenters. The third-order valence-corrected chi connectivity index (χ3v) is 3.63. The van der Waals surface area contributed by atoms with Gasteiger partial charge in [0.15, 0.2) is 0 Å². The van der Waals surface area contributed by atoms with Crippen LogP contribution in [0.15, 0.2) is 0 Å². The summed E-state index contributed by atoms with van der Waals surface area (Å²) in [5.41, 5.74) is 0. The highest BCUT2D eigenvalue weighted by molar-refractivity contribution is 7.15. The molecular weight excluding hydrogens is 280 g/mol. The van der Waals surface area contributed by atoms with Crippen LogP contribution in [-0.2, 0) is 11.2 Å². The first-order valence-corrected chi connectivity index (χ1v) is 7.24. The smallest absolute Gasteiger partial charge is 0.321 e. The van der Waals surface area contributed by atoms with Crippen molar-refractivity contribution >= 4 is 28.5 Å². The van der Waals surface area contributed by atoms with Crippen molar-refractivity contribution < 1.29 is 14.7 Å². The van der Waals surface area contributed by atoms with Crippen LogP contribution in [0.5, 0.6) is 0 Å². The molecule has 8 heteroatoms. The van der Waals surface area contributed by atoms with Crippen LogP contribution in [0.2, 0.25) is 0 Å². The molecule has 112 valence electrons. The van der Waals surface area contributed by atoms with Crippen molar-refractivity contribution in [1.82, 2.24) is 15.5 Å². The number of hydrogen-bond acceptors (Lipinski definition) is 5. The summed E-state index contributed by atoms with van der Waals surface area (Å²) in [7, 11) is 0. The summed E-state index contributed by atoms with van der Waals surface area (Å²) in [4.78, 5) is 22.5. The van der Waals surface area contributed by atoms with Gasteiger partial charge in [-0.1, -0.05) is 25.2 Å². The number of rotatable bonds is 6. The zero-order valence-corrected chi connectivity index (χ0v) is 12.8. The molecule has 0 aliphatic rings. The molecule has 0 saturated carbocycles. The average molecular weight is 300 g/mol. The number of amides is 2. The minimum atomic E-state index is -0.951. The second-order valence-corrected chi connectivity index (χ2v) is 6.18. The molecule has 1 aromatic rings. The number of hydrogen-bond donors (Lipinski definition) is 3. The van der Waals surface area contributed by atoms with Gasteiger partial charge in [0, 0.05) is 12.5 Å². The van der Waals surface area contributed by atoms with Gasteiger partial charge in [-0.3, -0.25) is 10.1 Å². The number of carboxylic acid groups (broad SMARTS) is 1. The summed E-state index contributed by atoms with van der Waals surface area (Å²) in [5.74, 6) is -1.14. The van der Waals surface area contributed by atoms with Gasteiger partial charge in [-0.05, 0) is 19.8 Å². The Morgan fingerprint density at radius 1 is 1.25 bits per heavy atom. The van der Waals surface area contributed by atoms with Gasteiger partial charge in [-0.15, -0.1) is 10.2 Å². The van der Waals surface area contributed by atoms with Crippen LogP contribution >= 0.6 is 11.3 Å². The van der Waals surface area contributed by atoms with Crippen molar-refractivity contribution in [3.8, 4) is 0 Å². The van der Waals surface area contributed by atoms with Crippen LogP contribution in [-0.4, -0.2) is 33.3 Å². The van der Waals surface area contributed by atoms with E-state index in [2.05, 4.69) is 34.7 Å². The molecule has 1 heterocycles. The first-order valence-electron chi connectivity index (χ1n) is 6.42. The van der Waals surface area contributed by atoms with Crippen LogP contribution in [0.25, 0.3) is 0 Å². The van der Waals surface area contributed by atoms with E-state index in [0.717, 1.165) is 11.4 Å². The maximum absolute atomic E-state index is 11.7. The fraction of sp³-hybridized carbons (Fsp3) is 0.667. The fourth-order valence-electron chi connectivity index (χ4n) is 1.41. The molecule has 0 aliphatic heterocycles. The SMILES string of the molecule is CC(C)Cc1nnc(NC(=O)NC(C)C(C)C(=O)O)s1. The van der Waals surface area contributed by atoms with Gasteiger partial charge in [0.2, 0.25) is 5.13 Å². The highest BCUT2D eigenvalue weighted by Gasteiger charge is 2.21. The Morgan fingerprint density at radius 2 is 1.90 bits per heavy atom. The van der Waals surface area contributed by atoms with Crippen molar-refractivity contribution in [1.29, 1.82) is 0 Å². The van der Waals surface area contributed by atoms with Crippen molar-refractivity contribution in [3.63, 3.8) is 0 Å². The van der Waals surface area contributed by atoms with Gasteiger partial charge in [-0.25, -0.2) is 4.79 Å². The molecule has 0 aliphatic carbocycles. The standard InChI is InChI=1S/C12H20N4O3S/c1-6(2)5-9-15-16-12(20-9)14-11(19)13-8(4)7(3)10(17)18/h6-8H,5H2,1-4H3,(H,17,18)(H2,13,14,16,19). The number of carboxylic acids is 1. The molecule has 0 spiro atoms. The maximum Gasteiger partial charge on any atom is 0.321 e. The quantitative estimate of drug-likeness (QED) is 0.745. The van der Waals surface area contributed by atoms with Gasteiger partial charge in [-0.2, -0.15) is 0 Å². The second kappa shape index (κ2) is 7.18. The molecule has 2 amide bonds. The number of aromatic nitrogens is 2. The Kier molecular flexibility index (Phi) is 5.87. The summed E-state index contributed by atoms with van der Waals surface area (Å²) in [5, 5.41) is 23.1. The molecule has 0 saturated heterocycles. The van der Waals surface area contributed by atoms with Crippen LogP contribution in [0, 0.1) is 11.8 Å². The summed E-state index contributed by atoms with van der Waals surface area (Å²) in [6.45, 7) is 7.34. The summed E-state index contributed by atoms with van der Waals surface area (Å²) in [6.07, 6.45) is 0.813. The van der Waals surface area contributed by atoms with Gasteiger partial charge < -0.3 is 10.4 Å². The number of aliphatic carboxylic acids is 1. The van der Waals surface area contributed by atoms with E-state index in [1.165, 1.54) is 11.3 Å². The molecule has 0 radical (unpaired) electrons. The van der Waals surface area contributed by atoms with E-state index < -0.39 is 24.0 Å². The summed E-state index contributed by atoms with van der Waals surface area (Å²) < 4.78 is 0. The Labute approximate surface area is 121 Å². The van der Waals surface area contributed by atoms with Crippen LogP contribution in [0.1, 0.15) is 32.7 Å². The van der Waals surface area contributed by atoms with Crippen molar-refractivity contribution in [2.24, 2.45) is 11.8 Å². The molecule has 1 rings (SSSR count). The molecule has 7 nitrogen and oxygen atoms in total. The topological polar surface area (TPSA) is 104 Å². The number of anilines is 1. The molecular formula is C12H20N4O3S. The summed E-state index contributed by atoms with van der Waals surface area (Å²) >= 11 is 1.32. The monoisotopic (exact) mass is 300 g/mol. The van der Waals surface area contributed by atoms with Crippen molar-refractivity contribution in [2.75, 3.05) is 5.32 Å². The lowest BCUT2D eigenvalue weighted by atomic mass is 10.0. The molecule has 3 N–H and O–H groups in total. The van der Waals surface area contributed by atoms with E-state index in [1.807, 2.05) is 0 Å². The predicted molar refractivity (Wildman–Crippen MR) is 76.9 cm³/mol. The fourth-order valence-corrected chi connectivity index (χ4v) is 2.36. The molecule has 0 fully saturated rings.